The number of hydrogen-bond donors (Lipinski definition) is 2. The van der Waals surface area contributed by atoms with Crippen LogP contribution in [0.5, 0.6) is 0 Å². The van der Waals surface area contributed by atoms with Crippen LogP contribution in [0.15, 0.2) is 11.6 Å². The molecule has 114 valence electrons. The minimum Gasteiger partial charge on any atom is -0.438 e. The molecule has 0 saturated carbocycles. The van der Waals surface area contributed by atoms with Gasteiger partial charge in [0.1, 0.15) is 0 Å². The standard InChI is InChI=1S/C14H24N2O4/c1-10(2)6-5-8-13(3)14(4,19)16(12(18)20-13)9-7-11(15)17/h6,19H,5,7-9H2,1-4H3,(H2,15,17)/t13-,14-/m1/s1. The number of aliphatic hydroxyl groups is 1. The topological polar surface area (TPSA) is 92.9 Å². The monoisotopic (exact) mass is 284 g/mol. The molecule has 0 unspecified atom stereocenters. The Labute approximate surface area is 119 Å². The third kappa shape index (κ3) is 3.30. The van der Waals surface area contributed by atoms with Crippen LogP contribution in [0, 0.1) is 0 Å². The molecule has 1 aliphatic heterocycles. The maximum atomic E-state index is 11.9. The summed E-state index contributed by atoms with van der Waals surface area (Å²) in [5.74, 6) is -0.522. The number of nitrogens with two attached hydrogens (primary N) is 1. The Kier molecular flexibility index (Phi) is 4.81. The van der Waals surface area contributed by atoms with Crippen molar-refractivity contribution in [3.8, 4) is 0 Å². The summed E-state index contributed by atoms with van der Waals surface area (Å²) in [5, 5.41) is 10.6. The van der Waals surface area contributed by atoms with E-state index in [9.17, 15) is 14.7 Å². The highest BCUT2D eigenvalue weighted by molar-refractivity contribution is 5.76. The number of hydrogen-bond acceptors (Lipinski definition) is 4. The first-order valence-electron chi connectivity index (χ1n) is 6.75. The van der Waals surface area contributed by atoms with Gasteiger partial charge in [-0.2, -0.15) is 0 Å². The first-order valence-corrected chi connectivity index (χ1v) is 6.75. The average Bonchev–Trinajstić information content (AvgIpc) is 2.42. The second-order valence-corrected chi connectivity index (χ2v) is 5.81. The lowest BCUT2D eigenvalue weighted by molar-refractivity contribution is -0.140. The van der Waals surface area contributed by atoms with Gasteiger partial charge in [0.2, 0.25) is 5.91 Å². The van der Waals surface area contributed by atoms with E-state index in [-0.39, 0.29) is 13.0 Å². The number of carbonyl (C=O) groups excluding carboxylic acids is 2. The van der Waals surface area contributed by atoms with E-state index < -0.39 is 23.3 Å². The highest BCUT2D eigenvalue weighted by Gasteiger charge is 2.58. The van der Waals surface area contributed by atoms with Gasteiger partial charge in [-0.25, -0.2) is 4.79 Å². The highest BCUT2D eigenvalue weighted by Crippen LogP contribution is 2.40. The number of rotatable bonds is 6. The van der Waals surface area contributed by atoms with Crippen LogP contribution >= 0.6 is 0 Å². The number of primary amides is 1. The Morgan fingerprint density at radius 2 is 2.05 bits per heavy atom. The lowest BCUT2D eigenvalue weighted by Crippen LogP contribution is -2.55. The van der Waals surface area contributed by atoms with E-state index in [4.69, 9.17) is 10.5 Å². The number of ether oxygens (including phenoxy) is 1. The van der Waals surface area contributed by atoms with Gasteiger partial charge in [0.05, 0.1) is 0 Å². The van der Waals surface area contributed by atoms with E-state index >= 15 is 0 Å². The van der Waals surface area contributed by atoms with Crippen molar-refractivity contribution in [3.63, 3.8) is 0 Å². The Balaban J connectivity index is 2.81. The van der Waals surface area contributed by atoms with Crippen LogP contribution < -0.4 is 5.73 Å². The van der Waals surface area contributed by atoms with Gasteiger partial charge in [-0.3, -0.25) is 9.69 Å². The van der Waals surface area contributed by atoms with Gasteiger partial charge < -0.3 is 15.6 Å². The summed E-state index contributed by atoms with van der Waals surface area (Å²) in [4.78, 5) is 23.9. The summed E-state index contributed by atoms with van der Waals surface area (Å²) in [7, 11) is 0. The molecule has 0 aromatic heterocycles. The quantitative estimate of drug-likeness (QED) is 0.723. The van der Waals surface area contributed by atoms with E-state index in [1.54, 1.807) is 6.92 Å². The van der Waals surface area contributed by atoms with Crippen molar-refractivity contribution in [2.24, 2.45) is 5.73 Å². The molecule has 1 aliphatic rings. The molecule has 0 bridgehead atoms. The maximum Gasteiger partial charge on any atom is 0.412 e. The Bertz CT molecular complexity index is 427. The normalized spacial score (nSPS) is 29.2. The van der Waals surface area contributed by atoms with Crippen LogP contribution in [0.25, 0.3) is 0 Å². The minimum atomic E-state index is -1.46. The minimum absolute atomic E-state index is 0.00466. The summed E-state index contributed by atoms with van der Waals surface area (Å²) in [6.07, 6.45) is 2.61. The molecule has 3 N–H and O–H groups in total. The summed E-state index contributed by atoms with van der Waals surface area (Å²) in [6.45, 7) is 7.26. The fourth-order valence-corrected chi connectivity index (χ4v) is 2.26. The molecule has 6 heteroatoms. The van der Waals surface area contributed by atoms with Gasteiger partial charge >= 0.3 is 6.09 Å². The van der Waals surface area contributed by atoms with Gasteiger partial charge in [0.15, 0.2) is 11.3 Å². The number of nitrogens with zero attached hydrogens (tertiary/aromatic N) is 1. The van der Waals surface area contributed by atoms with Gasteiger partial charge in [-0.05, 0) is 40.5 Å². The Hall–Kier alpha value is -1.56. The Morgan fingerprint density at radius 1 is 1.45 bits per heavy atom. The molecular formula is C14H24N2O4. The molecule has 0 aromatic carbocycles. The summed E-state index contributed by atoms with van der Waals surface area (Å²) < 4.78 is 5.35. The van der Waals surface area contributed by atoms with E-state index in [0.717, 1.165) is 0 Å². The number of cyclic esters (lactones) is 1. The first-order chi connectivity index (χ1) is 9.10. The molecule has 0 spiro atoms. The van der Waals surface area contributed by atoms with E-state index in [1.807, 2.05) is 19.9 Å². The van der Waals surface area contributed by atoms with E-state index in [2.05, 4.69) is 0 Å². The summed E-state index contributed by atoms with van der Waals surface area (Å²) in [6, 6.07) is 0. The molecular weight excluding hydrogens is 260 g/mol. The molecule has 2 amide bonds. The molecule has 1 fully saturated rings. The van der Waals surface area contributed by atoms with Crippen molar-refractivity contribution in [2.45, 2.75) is 58.3 Å². The van der Waals surface area contributed by atoms with E-state index in [1.165, 1.54) is 17.4 Å². The fourth-order valence-electron chi connectivity index (χ4n) is 2.26. The molecule has 6 nitrogen and oxygen atoms in total. The van der Waals surface area contributed by atoms with Crippen LogP contribution in [0.2, 0.25) is 0 Å². The third-order valence-corrected chi connectivity index (χ3v) is 3.82. The van der Waals surface area contributed by atoms with Gasteiger partial charge in [-0.15, -0.1) is 0 Å². The third-order valence-electron chi connectivity index (χ3n) is 3.82. The average molecular weight is 284 g/mol. The lowest BCUT2D eigenvalue weighted by Gasteiger charge is -2.37. The molecule has 0 aromatic rings. The van der Waals surface area contributed by atoms with Crippen molar-refractivity contribution in [1.82, 2.24) is 4.90 Å². The second-order valence-electron chi connectivity index (χ2n) is 5.81. The summed E-state index contributed by atoms with van der Waals surface area (Å²) >= 11 is 0. The van der Waals surface area contributed by atoms with Crippen LogP contribution in [0.1, 0.15) is 47.0 Å². The number of allylic oxidation sites excluding steroid dienone is 2. The van der Waals surface area contributed by atoms with Gasteiger partial charge in [-0.1, -0.05) is 11.6 Å². The molecule has 20 heavy (non-hydrogen) atoms. The van der Waals surface area contributed by atoms with Crippen molar-refractivity contribution in [1.29, 1.82) is 0 Å². The zero-order valence-electron chi connectivity index (χ0n) is 12.6. The lowest BCUT2D eigenvalue weighted by atomic mass is 9.88. The molecule has 1 saturated heterocycles. The first kappa shape index (κ1) is 16.5. The van der Waals surface area contributed by atoms with Crippen molar-refractivity contribution in [3.05, 3.63) is 11.6 Å². The van der Waals surface area contributed by atoms with Gasteiger partial charge in [0.25, 0.3) is 0 Å². The predicted molar refractivity (Wildman–Crippen MR) is 74.7 cm³/mol. The van der Waals surface area contributed by atoms with Crippen LogP contribution in [0.4, 0.5) is 4.79 Å². The zero-order chi connectivity index (χ0) is 15.6. The van der Waals surface area contributed by atoms with Crippen LogP contribution in [0.3, 0.4) is 0 Å². The highest BCUT2D eigenvalue weighted by atomic mass is 16.6. The molecule has 1 heterocycles. The van der Waals surface area contributed by atoms with Crippen molar-refractivity contribution < 1.29 is 19.4 Å². The molecule has 1 rings (SSSR count). The second kappa shape index (κ2) is 5.83. The molecule has 2 atom stereocenters. The molecule has 0 radical (unpaired) electrons. The van der Waals surface area contributed by atoms with Crippen molar-refractivity contribution in [2.75, 3.05) is 6.54 Å². The smallest absolute Gasteiger partial charge is 0.412 e. The van der Waals surface area contributed by atoms with E-state index in [0.29, 0.717) is 12.8 Å². The Morgan fingerprint density at radius 3 is 2.55 bits per heavy atom. The zero-order valence-corrected chi connectivity index (χ0v) is 12.6. The largest absolute Gasteiger partial charge is 0.438 e. The van der Waals surface area contributed by atoms with Crippen LogP contribution in [-0.2, 0) is 9.53 Å². The fraction of sp³-hybridized carbons (Fsp3) is 0.714. The molecule has 0 aliphatic carbocycles. The predicted octanol–water partition coefficient (Wildman–Crippen LogP) is 1.53. The van der Waals surface area contributed by atoms with Crippen LogP contribution in [-0.4, -0.2) is 39.9 Å². The number of carbonyl (C=O) groups is 2. The van der Waals surface area contributed by atoms with Gasteiger partial charge in [0, 0.05) is 13.0 Å². The maximum absolute atomic E-state index is 11.9. The van der Waals surface area contributed by atoms with Crippen molar-refractivity contribution >= 4 is 12.0 Å². The summed E-state index contributed by atoms with van der Waals surface area (Å²) in [5.41, 5.74) is 3.78. The SMILES string of the molecule is CC(C)=CCC[C@@]1(C)OC(=O)N(CCC(N)=O)[C@]1(C)O. The number of amides is 2.